The Morgan fingerprint density at radius 2 is 2.00 bits per heavy atom. The Bertz CT molecular complexity index is 546. The topological polar surface area (TPSA) is 59.2 Å². The highest BCUT2D eigenvalue weighted by molar-refractivity contribution is 7.98. The summed E-state index contributed by atoms with van der Waals surface area (Å²) in [7, 11) is 0. The molecule has 0 saturated carbocycles. The third-order valence-corrected chi connectivity index (χ3v) is 3.58. The van der Waals surface area contributed by atoms with Gasteiger partial charge in [-0.05, 0) is 19.1 Å². The molecular formula is C13H14F2N2O2S. The predicted octanol–water partition coefficient (Wildman–Crippen LogP) is 2.84. The summed E-state index contributed by atoms with van der Waals surface area (Å²) < 4.78 is 29.2. The Morgan fingerprint density at radius 3 is 2.65 bits per heavy atom. The van der Waals surface area contributed by atoms with Crippen molar-refractivity contribution in [3.8, 4) is 0 Å². The number of aliphatic hydroxyl groups excluding tert-OH is 1. The minimum absolute atomic E-state index is 0.0253. The summed E-state index contributed by atoms with van der Waals surface area (Å²) in [6, 6.07) is 7.98. The lowest BCUT2D eigenvalue weighted by Gasteiger charge is -2.04. The van der Waals surface area contributed by atoms with Crippen molar-refractivity contribution < 1.29 is 18.4 Å². The minimum atomic E-state index is -2.81. The number of aliphatic hydroxyl groups is 1. The smallest absolute Gasteiger partial charge is 0.264 e. The molecule has 0 bridgehead atoms. The van der Waals surface area contributed by atoms with Crippen molar-refractivity contribution in [2.75, 3.05) is 0 Å². The third kappa shape index (κ3) is 4.28. The second kappa shape index (κ2) is 6.81. The van der Waals surface area contributed by atoms with E-state index in [1.807, 2.05) is 31.2 Å². The van der Waals surface area contributed by atoms with Crippen LogP contribution >= 0.6 is 11.8 Å². The van der Waals surface area contributed by atoms with Crippen molar-refractivity contribution in [1.29, 1.82) is 0 Å². The lowest BCUT2D eigenvalue weighted by molar-refractivity contribution is -0.00754. The van der Waals surface area contributed by atoms with Crippen molar-refractivity contribution in [2.45, 2.75) is 36.5 Å². The van der Waals surface area contributed by atoms with Gasteiger partial charge in [0.1, 0.15) is 6.10 Å². The number of aryl methyl sites for hydroxylation is 1. The number of hydrogen-bond acceptors (Lipinski definition) is 5. The quantitative estimate of drug-likeness (QED) is 0.831. The van der Waals surface area contributed by atoms with E-state index in [1.165, 1.54) is 17.3 Å². The Labute approximate surface area is 119 Å². The van der Waals surface area contributed by atoms with E-state index in [2.05, 4.69) is 10.1 Å². The fourth-order valence-electron chi connectivity index (χ4n) is 1.48. The first kappa shape index (κ1) is 14.9. The van der Waals surface area contributed by atoms with E-state index in [0.717, 1.165) is 4.90 Å². The van der Waals surface area contributed by atoms with Gasteiger partial charge in [-0.3, -0.25) is 0 Å². The molecule has 2 aromatic rings. The fraction of sp³-hybridized carbons (Fsp3) is 0.385. The van der Waals surface area contributed by atoms with Gasteiger partial charge in [-0.25, -0.2) is 8.78 Å². The van der Waals surface area contributed by atoms with Crippen LogP contribution in [-0.4, -0.2) is 27.8 Å². The molecule has 0 spiro atoms. The van der Waals surface area contributed by atoms with Gasteiger partial charge in [-0.1, -0.05) is 22.9 Å². The summed E-state index contributed by atoms with van der Waals surface area (Å²) in [5.74, 6) is 0.932. The van der Waals surface area contributed by atoms with Gasteiger partial charge in [-0.15, -0.1) is 11.8 Å². The van der Waals surface area contributed by atoms with Gasteiger partial charge >= 0.3 is 0 Å². The lowest BCUT2D eigenvalue weighted by atomic mass is 10.2. The van der Waals surface area contributed by atoms with Crippen LogP contribution in [0.1, 0.15) is 17.3 Å². The SMILES string of the molecule is Cc1ccc(SCc2noc(CC(O)C(F)F)n2)cc1. The van der Waals surface area contributed by atoms with Crippen LogP contribution in [0.15, 0.2) is 33.7 Å². The molecule has 20 heavy (non-hydrogen) atoms. The monoisotopic (exact) mass is 300 g/mol. The number of hydrogen-bond donors (Lipinski definition) is 1. The first-order valence-electron chi connectivity index (χ1n) is 6.02. The average Bonchev–Trinajstić information content (AvgIpc) is 2.85. The minimum Gasteiger partial charge on any atom is -0.387 e. The largest absolute Gasteiger partial charge is 0.387 e. The molecule has 1 aromatic heterocycles. The molecule has 1 aromatic carbocycles. The van der Waals surface area contributed by atoms with Gasteiger partial charge in [0.05, 0.1) is 12.2 Å². The Kier molecular flexibility index (Phi) is 5.08. The van der Waals surface area contributed by atoms with Gasteiger partial charge in [-0.2, -0.15) is 4.98 Å². The Morgan fingerprint density at radius 1 is 1.30 bits per heavy atom. The molecule has 108 valence electrons. The van der Waals surface area contributed by atoms with Crippen LogP contribution in [0.3, 0.4) is 0 Å². The van der Waals surface area contributed by atoms with E-state index in [9.17, 15) is 8.78 Å². The highest BCUT2D eigenvalue weighted by Crippen LogP contribution is 2.22. The van der Waals surface area contributed by atoms with Crippen LogP contribution in [0.5, 0.6) is 0 Å². The van der Waals surface area contributed by atoms with E-state index in [1.54, 1.807) is 0 Å². The normalized spacial score (nSPS) is 12.8. The molecule has 7 heteroatoms. The summed E-state index contributed by atoms with van der Waals surface area (Å²) in [5.41, 5.74) is 1.18. The molecule has 0 fully saturated rings. The Balaban J connectivity index is 1.88. The lowest BCUT2D eigenvalue weighted by Crippen LogP contribution is -2.20. The highest BCUT2D eigenvalue weighted by Gasteiger charge is 2.20. The molecular weight excluding hydrogens is 286 g/mol. The number of aromatic nitrogens is 2. The van der Waals surface area contributed by atoms with Gasteiger partial charge in [0, 0.05) is 4.90 Å². The fourth-order valence-corrected chi connectivity index (χ4v) is 2.22. The van der Waals surface area contributed by atoms with Crippen molar-refractivity contribution >= 4 is 11.8 Å². The zero-order chi connectivity index (χ0) is 14.5. The van der Waals surface area contributed by atoms with Crippen LogP contribution in [0, 0.1) is 6.92 Å². The van der Waals surface area contributed by atoms with Gasteiger partial charge in [0.2, 0.25) is 5.89 Å². The summed E-state index contributed by atoms with van der Waals surface area (Å²) in [4.78, 5) is 5.04. The number of halogens is 2. The molecule has 1 heterocycles. The molecule has 0 aliphatic carbocycles. The van der Waals surface area contributed by atoms with Gasteiger partial charge < -0.3 is 9.63 Å². The average molecular weight is 300 g/mol. The summed E-state index contributed by atoms with van der Waals surface area (Å²) in [5, 5.41) is 12.7. The molecule has 2 rings (SSSR count). The molecule has 4 nitrogen and oxygen atoms in total. The molecule has 0 amide bonds. The van der Waals surface area contributed by atoms with Crippen molar-refractivity contribution in [2.24, 2.45) is 0 Å². The molecule has 0 saturated heterocycles. The van der Waals surface area contributed by atoms with Crippen molar-refractivity contribution in [3.63, 3.8) is 0 Å². The van der Waals surface area contributed by atoms with E-state index in [0.29, 0.717) is 11.6 Å². The maximum absolute atomic E-state index is 12.2. The molecule has 0 radical (unpaired) electrons. The number of thioether (sulfide) groups is 1. The first-order valence-corrected chi connectivity index (χ1v) is 7.00. The molecule has 0 aliphatic rings. The summed E-state index contributed by atoms with van der Waals surface area (Å²) >= 11 is 1.53. The van der Waals surface area contributed by atoms with Gasteiger partial charge in [0.15, 0.2) is 5.82 Å². The molecule has 1 unspecified atom stereocenters. The standard InChI is InChI=1S/C13H14F2N2O2S/c1-8-2-4-9(5-3-8)20-7-11-16-12(19-17-11)6-10(18)13(14)15/h2-5,10,13,18H,6-7H2,1H3. The maximum atomic E-state index is 12.2. The third-order valence-electron chi connectivity index (χ3n) is 2.57. The summed E-state index contributed by atoms with van der Waals surface area (Å²) in [6.45, 7) is 2.01. The number of rotatable bonds is 6. The van der Waals surface area contributed by atoms with Crippen molar-refractivity contribution in [3.05, 3.63) is 41.5 Å². The van der Waals surface area contributed by atoms with Crippen LogP contribution in [0.4, 0.5) is 8.78 Å². The number of nitrogens with zero attached hydrogens (tertiary/aromatic N) is 2. The number of alkyl halides is 2. The van der Waals surface area contributed by atoms with Crippen LogP contribution < -0.4 is 0 Å². The van der Waals surface area contributed by atoms with Crippen LogP contribution in [0.2, 0.25) is 0 Å². The predicted molar refractivity (Wildman–Crippen MR) is 70.8 cm³/mol. The van der Waals surface area contributed by atoms with Crippen LogP contribution in [-0.2, 0) is 12.2 Å². The van der Waals surface area contributed by atoms with E-state index in [4.69, 9.17) is 9.63 Å². The molecule has 0 aliphatic heterocycles. The van der Waals surface area contributed by atoms with E-state index >= 15 is 0 Å². The zero-order valence-corrected chi connectivity index (χ0v) is 11.6. The summed E-state index contributed by atoms with van der Waals surface area (Å²) in [6.07, 6.45) is -4.92. The maximum Gasteiger partial charge on any atom is 0.264 e. The number of benzene rings is 1. The highest BCUT2D eigenvalue weighted by atomic mass is 32.2. The van der Waals surface area contributed by atoms with E-state index in [-0.39, 0.29) is 12.3 Å². The molecule has 1 N–H and O–H groups in total. The first-order chi connectivity index (χ1) is 9.54. The van der Waals surface area contributed by atoms with Crippen LogP contribution in [0.25, 0.3) is 0 Å². The van der Waals surface area contributed by atoms with Crippen molar-refractivity contribution in [1.82, 2.24) is 10.1 Å². The zero-order valence-electron chi connectivity index (χ0n) is 10.8. The second-order valence-corrected chi connectivity index (χ2v) is 5.36. The van der Waals surface area contributed by atoms with Gasteiger partial charge in [0.25, 0.3) is 6.43 Å². The van der Waals surface area contributed by atoms with E-state index < -0.39 is 12.5 Å². The Hall–Kier alpha value is -1.47. The molecule has 1 atom stereocenters. The second-order valence-electron chi connectivity index (χ2n) is 4.31.